The molecule has 2 heterocycles. The quantitative estimate of drug-likeness (QED) is 0.0989. The Morgan fingerprint density at radius 1 is 0.671 bits per heavy atom. The molecule has 4 aromatic carbocycles. The van der Waals surface area contributed by atoms with Crippen molar-refractivity contribution in [2.45, 2.75) is 100 Å². The first-order valence-corrected chi connectivity index (χ1v) is 25.2. The van der Waals surface area contributed by atoms with E-state index in [1.54, 1.807) is 0 Å². The molecule has 4 N–H and O–H groups in total. The summed E-state index contributed by atoms with van der Waals surface area (Å²) in [5, 5.41) is 15.6. The smallest absolute Gasteiger partial charge is 0.247 e. The van der Waals surface area contributed by atoms with E-state index in [-0.39, 0.29) is 75.8 Å². The van der Waals surface area contributed by atoms with Gasteiger partial charge in [-0.1, -0.05) is 96.0 Å². The summed E-state index contributed by atoms with van der Waals surface area (Å²) in [4.78, 5) is 92.2. The van der Waals surface area contributed by atoms with Crippen molar-refractivity contribution in [1.29, 1.82) is 5.26 Å². The van der Waals surface area contributed by atoms with Gasteiger partial charge >= 0.3 is 0 Å². The molecule has 8 atom stereocenters. The Bertz CT molecular complexity index is 2810. The number of benzene rings is 4. The summed E-state index contributed by atoms with van der Waals surface area (Å²) in [6, 6.07) is 26.1. The largest absolute Gasteiger partial charge is 0.368 e. The van der Waals surface area contributed by atoms with Crippen LogP contribution >= 0.6 is 23.2 Å². The number of ketones is 2. The van der Waals surface area contributed by atoms with Gasteiger partial charge in [0, 0.05) is 82.9 Å². The van der Waals surface area contributed by atoms with E-state index in [0.29, 0.717) is 38.6 Å². The van der Waals surface area contributed by atoms with Crippen molar-refractivity contribution in [3.63, 3.8) is 0 Å². The van der Waals surface area contributed by atoms with Crippen molar-refractivity contribution in [2.75, 3.05) is 13.1 Å². The fourth-order valence-corrected chi connectivity index (χ4v) is 10.5. The summed E-state index contributed by atoms with van der Waals surface area (Å²) in [5.74, 6) is -4.17. The van der Waals surface area contributed by atoms with Gasteiger partial charge in [-0.2, -0.15) is 5.26 Å². The van der Waals surface area contributed by atoms with Gasteiger partial charge in [0.2, 0.25) is 29.5 Å². The summed E-state index contributed by atoms with van der Waals surface area (Å²) in [5.41, 5.74) is 7.93. The fourth-order valence-electron chi connectivity index (χ4n) is 10.1. The molecule has 8 rings (SSSR count). The fraction of sp³-hybridized carbons (Fsp3) is 0.357. The molecule has 4 fully saturated rings. The number of hydrogen-bond donors (Lipinski definition) is 3. The van der Waals surface area contributed by atoms with E-state index >= 15 is 0 Å². The second kappa shape index (κ2) is 25.1. The highest BCUT2D eigenvalue weighted by Crippen LogP contribution is 2.35. The number of amides is 5. The molecule has 5 amide bonds. The Kier molecular flexibility index (Phi) is 18.5. The maximum Gasteiger partial charge on any atom is 0.247 e. The third-order valence-corrected chi connectivity index (χ3v) is 14.6. The second-order valence-corrected chi connectivity index (χ2v) is 19.8. The number of carbonyl (C=O) groups excluding carboxylic acids is 7. The van der Waals surface area contributed by atoms with E-state index in [1.165, 1.54) is 64.4 Å². The summed E-state index contributed by atoms with van der Waals surface area (Å²) in [6.45, 7) is 0.587. The lowest BCUT2D eigenvalue weighted by atomic mass is 9.95. The first kappa shape index (κ1) is 53.8. The first-order chi connectivity index (χ1) is 35.1. The lowest BCUT2D eigenvalue weighted by Gasteiger charge is -2.25. The minimum Gasteiger partial charge on any atom is -0.368 e. The average Bonchev–Trinajstić information content (AvgIpc) is 4.21. The molecule has 2 aliphatic carbocycles. The van der Waals surface area contributed by atoms with E-state index in [9.17, 15) is 47.6 Å². The molecule has 73 heavy (non-hydrogen) atoms. The molecule has 4 aliphatic rings. The highest BCUT2D eigenvalue weighted by atomic mass is 35.5. The van der Waals surface area contributed by atoms with Crippen LogP contribution in [0.2, 0.25) is 10.0 Å². The Labute approximate surface area is 432 Å². The highest BCUT2D eigenvalue weighted by molar-refractivity contribution is 6.30. The molecule has 4 aromatic rings. The van der Waals surface area contributed by atoms with E-state index in [0.717, 1.165) is 36.5 Å². The molecule has 2 saturated carbocycles. The minimum absolute atomic E-state index is 0.0662. The molecule has 2 saturated heterocycles. The third kappa shape index (κ3) is 14.1. The van der Waals surface area contributed by atoms with Crippen molar-refractivity contribution in [2.24, 2.45) is 17.6 Å². The van der Waals surface area contributed by atoms with Gasteiger partial charge in [-0.05, 0) is 98.9 Å². The Morgan fingerprint density at radius 3 is 1.51 bits per heavy atom. The van der Waals surface area contributed by atoms with Gasteiger partial charge < -0.3 is 26.2 Å². The van der Waals surface area contributed by atoms with Gasteiger partial charge in [0.1, 0.15) is 47.4 Å². The lowest BCUT2D eigenvalue weighted by Crippen LogP contribution is -2.52. The van der Waals surface area contributed by atoms with Crippen molar-refractivity contribution < 1.29 is 42.3 Å². The van der Waals surface area contributed by atoms with Crippen molar-refractivity contribution in [1.82, 2.24) is 20.4 Å². The zero-order chi connectivity index (χ0) is 52.2. The zero-order valence-corrected chi connectivity index (χ0v) is 41.5. The van der Waals surface area contributed by atoms with Crippen LogP contribution in [0.25, 0.3) is 12.2 Å². The monoisotopic (exact) mass is 1030 g/mol. The molecule has 2 aliphatic heterocycles. The van der Waals surface area contributed by atoms with E-state index in [1.807, 2.05) is 60.7 Å². The summed E-state index contributed by atoms with van der Waals surface area (Å²) in [6.07, 6.45) is 10.3. The molecule has 13 nitrogen and oxygen atoms in total. The maximum atomic E-state index is 14.2. The molecular weight excluding hydrogens is 978 g/mol. The van der Waals surface area contributed by atoms with Gasteiger partial charge in [0.15, 0.2) is 0 Å². The zero-order valence-electron chi connectivity index (χ0n) is 39.9. The van der Waals surface area contributed by atoms with E-state index < -0.39 is 65.3 Å². The highest BCUT2D eigenvalue weighted by Gasteiger charge is 2.42. The number of primary amides is 1. The van der Waals surface area contributed by atoms with Crippen LogP contribution in [0.3, 0.4) is 0 Å². The van der Waals surface area contributed by atoms with Crippen molar-refractivity contribution in [3.8, 4) is 6.07 Å². The second-order valence-electron chi connectivity index (χ2n) is 18.9. The predicted molar refractivity (Wildman–Crippen MR) is 272 cm³/mol. The van der Waals surface area contributed by atoms with Crippen LogP contribution in [0.15, 0.2) is 109 Å². The summed E-state index contributed by atoms with van der Waals surface area (Å²) >= 11 is 11.6. The predicted octanol–water partition coefficient (Wildman–Crippen LogP) is 8.25. The molecule has 0 spiro atoms. The van der Waals surface area contributed by atoms with Crippen LogP contribution in [0.4, 0.5) is 8.78 Å². The molecule has 0 aromatic heterocycles. The van der Waals surface area contributed by atoms with Crippen LogP contribution in [0, 0.1) is 34.8 Å². The van der Waals surface area contributed by atoms with E-state index in [4.69, 9.17) is 28.9 Å². The topological polar surface area (TPSA) is 200 Å². The van der Waals surface area contributed by atoms with Gasteiger partial charge in [-0.25, -0.2) is 8.78 Å². The van der Waals surface area contributed by atoms with Crippen LogP contribution in [-0.2, 0) is 33.6 Å². The van der Waals surface area contributed by atoms with Gasteiger partial charge in [-0.3, -0.25) is 33.6 Å². The van der Waals surface area contributed by atoms with Crippen LogP contribution in [0.1, 0.15) is 98.3 Å². The number of Topliss-reactive ketones (excluding diaryl/α,β-unsaturated/α-hetero) is 2. The number of nitriles is 1. The normalized spacial score (nSPS) is 22.5. The minimum atomic E-state index is -1.01. The van der Waals surface area contributed by atoms with Gasteiger partial charge in [-0.15, -0.1) is 0 Å². The number of likely N-dealkylation sites (tertiary alicyclic amines) is 2. The van der Waals surface area contributed by atoms with E-state index in [2.05, 4.69) is 16.7 Å². The van der Waals surface area contributed by atoms with Crippen molar-refractivity contribution in [3.05, 3.63) is 153 Å². The summed E-state index contributed by atoms with van der Waals surface area (Å²) in [7, 11) is 0. The standard InChI is InChI=1S/C28H29ClFN3O4.C28H27ClFN3O3/c29-21-11-9-18(22(30)15-21)10-12-26(35)33-16-20(17-5-2-1-3-6-17)14-24(33)28(37)32-23(27(31)36)13-19-7-4-8-25(19)34;29-22-11-9-19(24(30)15-22)10-12-27(35)33-17-21(18-5-2-1-3-6-18)14-25(33)28(36)32-23(16-31)13-20-7-4-8-26(20)34/h1-3,5-6,9-12,15,19-20,23-24H,4,7-8,13-14,16H2,(H2,31,36)(H,32,37);1-3,5-6,9-12,15,20-21,23,25H,4,7-8,13-14,17H2,(H,32,36)/b2*12-10+/t19-,20+,23-,24?;20-,21+,23-,25?/m00/s1. The number of nitrogens with one attached hydrogen (secondary N) is 2. The number of halogens is 4. The number of nitrogens with zero attached hydrogens (tertiary/aromatic N) is 3. The molecule has 380 valence electrons. The molecule has 0 bridgehead atoms. The Hall–Kier alpha value is -7.02. The van der Waals surface area contributed by atoms with Gasteiger partial charge in [0.25, 0.3) is 0 Å². The van der Waals surface area contributed by atoms with Crippen LogP contribution < -0.4 is 16.4 Å². The number of hydrogen-bond acceptors (Lipinski definition) is 8. The molecule has 17 heteroatoms. The molecule has 0 radical (unpaired) electrons. The molecule has 2 unspecified atom stereocenters. The average molecular weight is 1030 g/mol. The van der Waals surface area contributed by atoms with Crippen LogP contribution in [0.5, 0.6) is 0 Å². The van der Waals surface area contributed by atoms with Gasteiger partial charge in [0.05, 0.1) is 6.07 Å². The molecular formula is C56H56Cl2F2N6O7. The number of rotatable bonds is 15. The maximum absolute atomic E-state index is 14.2. The van der Waals surface area contributed by atoms with Crippen molar-refractivity contribution >= 4 is 76.5 Å². The Balaban J connectivity index is 0.000000214. The lowest BCUT2D eigenvalue weighted by molar-refractivity contribution is -0.136. The number of carbonyl (C=O) groups is 7. The third-order valence-electron chi connectivity index (χ3n) is 14.1. The number of nitrogens with two attached hydrogens (primary N) is 1. The summed E-state index contributed by atoms with van der Waals surface area (Å²) < 4.78 is 28.4. The van der Waals surface area contributed by atoms with Crippen LogP contribution in [-0.4, -0.2) is 88.2 Å². The first-order valence-electron chi connectivity index (χ1n) is 24.4. The SMILES string of the molecule is N#C[C@H](C[C@@H]1CCCC1=O)NC(=O)C1C[C@@H](c2ccccc2)CN1C(=O)/C=C/c1ccc(Cl)cc1F.NC(=O)[C@H](C[C@@H]1CCCC1=O)NC(=O)C1C[C@@H](c2ccccc2)CN1C(=O)/C=C/c1ccc(Cl)cc1F. The Morgan fingerprint density at radius 2 is 1.11 bits per heavy atom.